The van der Waals surface area contributed by atoms with Crippen LogP contribution in [0.25, 0.3) is 33.4 Å². The van der Waals surface area contributed by atoms with Crippen molar-refractivity contribution in [2.75, 3.05) is 0 Å². The molecule has 1 fully saturated rings. The van der Waals surface area contributed by atoms with Crippen molar-refractivity contribution in [1.82, 2.24) is 0 Å². The van der Waals surface area contributed by atoms with Gasteiger partial charge in [-0.3, -0.25) is 0 Å². The quantitative estimate of drug-likeness (QED) is 0.227. The van der Waals surface area contributed by atoms with Gasteiger partial charge in [0.25, 0.3) is 0 Å². The molecule has 0 spiro atoms. The average Bonchev–Trinajstić information content (AvgIpc) is 3.64. The van der Waals surface area contributed by atoms with Crippen molar-refractivity contribution in [3.63, 3.8) is 0 Å². The summed E-state index contributed by atoms with van der Waals surface area (Å²) < 4.78 is 0. The molecule has 0 bridgehead atoms. The van der Waals surface area contributed by atoms with Crippen molar-refractivity contribution in [3.05, 3.63) is 131 Å². The molecular weight excluding hydrogens is 528 g/mol. The van der Waals surface area contributed by atoms with Gasteiger partial charge in [0.05, 0.1) is 0 Å². The van der Waals surface area contributed by atoms with E-state index in [1.54, 1.807) is 5.57 Å². The predicted molar refractivity (Wildman–Crippen MR) is 189 cm³/mol. The summed E-state index contributed by atoms with van der Waals surface area (Å²) in [7, 11) is 0. The van der Waals surface area contributed by atoms with Gasteiger partial charge in [-0.25, -0.2) is 0 Å². The van der Waals surface area contributed by atoms with E-state index in [1.165, 1.54) is 62.1 Å². The maximum absolute atomic E-state index is 2.60. The lowest BCUT2D eigenvalue weighted by molar-refractivity contribution is 0.221. The standard InChI is InChI=1S/C44H48/c1-41(2,3)38-25-32-33-26-39(42(4,5)6)31(29-19-14-11-15-20-29)24-35(33)40(34(32)23-30(38)28-17-12-10-13-18-28)44(9)27-43(7,8)36-21-16-22-37(36)44/h10-26,37,40H,27H2,1-9H3. The van der Waals surface area contributed by atoms with Gasteiger partial charge in [-0.05, 0) is 108 Å². The minimum absolute atomic E-state index is 0.0125. The van der Waals surface area contributed by atoms with Crippen molar-refractivity contribution < 1.29 is 0 Å². The van der Waals surface area contributed by atoms with Crippen LogP contribution in [0.5, 0.6) is 0 Å². The molecule has 44 heavy (non-hydrogen) atoms. The molecule has 2 atom stereocenters. The first-order chi connectivity index (χ1) is 20.7. The molecule has 3 aliphatic carbocycles. The summed E-state index contributed by atoms with van der Waals surface area (Å²) in [6, 6.07) is 32.5. The van der Waals surface area contributed by atoms with Crippen LogP contribution >= 0.6 is 0 Å². The zero-order chi connectivity index (χ0) is 31.2. The maximum Gasteiger partial charge on any atom is 0.0165 e. The summed E-state index contributed by atoms with van der Waals surface area (Å²) in [4.78, 5) is 0. The summed E-state index contributed by atoms with van der Waals surface area (Å²) in [6.07, 6.45) is 8.42. The summed E-state index contributed by atoms with van der Waals surface area (Å²) in [5.41, 5.74) is 16.0. The number of hydrogen-bond acceptors (Lipinski definition) is 0. The summed E-state index contributed by atoms with van der Waals surface area (Å²) in [5.74, 6) is 0.754. The van der Waals surface area contributed by atoms with Crippen LogP contribution in [-0.4, -0.2) is 0 Å². The molecule has 0 nitrogen and oxygen atoms in total. The Morgan fingerprint density at radius 3 is 1.48 bits per heavy atom. The summed E-state index contributed by atoms with van der Waals surface area (Å²) in [6.45, 7) is 21.8. The lowest BCUT2D eigenvalue weighted by Gasteiger charge is -2.38. The monoisotopic (exact) mass is 576 g/mol. The zero-order valence-electron chi connectivity index (χ0n) is 28.2. The van der Waals surface area contributed by atoms with E-state index in [1.807, 2.05) is 0 Å². The van der Waals surface area contributed by atoms with Crippen molar-refractivity contribution in [3.8, 4) is 33.4 Å². The molecule has 0 radical (unpaired) electrons. The summed E-state index contributed by atoms with van der Waals surface area (Å²) >= 11 is 0. The smallest absolute Gasteiger partial charge is 0.0165 e. The fraction of sp³-hybridized carbons (Fsp3) is 0.364. The molecule has 224 valence electrons. The molecule has 1 saturated carbocycles. The van der Waals surface area contributed by atoms with Crippen LogP contribution in [0, 0.1) is 16.7 Å². The van der Waals surface area contributed by atoms with Gasteiger partial charge in [0.15, 0.2) is 0 Å². The maximum atomic E-state index is 2.60. The number of rotatable bonds is 3. The first-order valence-electron chi connectivity index (χ1n) is 16.6. The van der Waals surface area contributed by atoms with Crippen molar-refractivity contribution in [1.29, 1.82) is 0 Å². The minimum atomic E-state index is 0.0125. The molecule has 0 aliphatic heterocycles. The van der Waals surface area contributed by atoms with E-state index in [-0.39, 0.29) is 21.7 Å². The second-order valence-electron chi connectivity index (χ2n) is 16.7. The Balaban J connectivity index is 1.57. The first-order valence-corrected chi connectivity index (χ1v) is 16.6. The number of fused-ring (bicyclic) bond motifs is 4. The third kappa shape index (κ3) is 4.40. The fourth-order valence-corrected chi connectivity index (χ4v) is 9.15. The molecule has 0 heterocycles. The van der Waals surface area contributed by atoms with Crippen molar-refractivity contribution in [2.45, 2.75) is 85.5 Å². The van der Waals surface area contributed by atoms with Gasteiger partial charge in [-0.2, -0.15) is 0 Å². The van der Waals surface area contributed by atoms with E-state index in [2.05, 4.69) is 165 Å². The lowest BCUT2D eigenvalue weighted by atomic mass is 9.64. The highest BCUT2D eigenvalue weighted by molar-refractivity contribution is 5.88. The highest BCUT2D eigenvalue weighted by Gasteiger charge is 2.57. The Hall–Kier alpha value is -3.64. The molecule has 0 amide bonds. The molecule has 7 rings (SSSR count). The van der Waals surface area contributed by atoms with E-state index >= 15 is 0 Å². The van der Waals surface area contributed by atoms with Crippen molar-refractivity contribution in [2.24, 2.45) is 16.7 Å². The molecular formula is C44H48. The Bertz CT molecular complexity index is 1710. The SMILES string of the molecule is CC1(C)CC(C)(C2c3cc(-c4ccccc4)c(C(C)(C)C)cc3-c3cc(C(C)(C)C)c(-c4ccccc4)cc32)C2C=CC=C21. The third-order valence-corrected chi connectivity index (χ3v) is 11.0. The highest BCUT2D eigenvalue weighted by Crippen LogP contribution is 2.68. The molecule has 0 aromatic heterocycles. The van der Waals surface area contributed by atoms with Crippen LogP contribution < -0.4 is 0 Å². The van der Waals surface area contributed by atoms with Crippen LogP contribution in [0.1, 0.15) is 96.9 Å². The van der Waals surface area contributed by atoms with E-state index in [0.717, 1.165) is 0 Å². The number of hydrogen-bond donors (Lipinski definition) is 0. The van der Waals surface area contributed by atoms with Crippen molar-refractivity contribution >= 4 is 0 Å². The third-order valence-electron chi connectivity index (χ3n) is 11.0. The topological polar surface area (TPSA) is 0 Å². The predicted octanol–water partition coefficient (Wildman–Crippen LogP) is 12.3. The fourth-order valence-electron chi connectivity index (χ4n) is 9.15. The Kier molecular flexibility index (Phi) is 6.40. The van der Waals surface area contributed by atoms with Crippen LogP contribution in [0.4, 0.5) is 0 Å². The van der Waals surface area contributed by atoms with Gasteiger partial charge >= 0.3 is 0 Å². The number of allylic oxidation sites excluding steroid dienone is 4. The molecule has 2 unspecified atom stereocenters. The molecule has 0 N–H and O–H groups in total. The van der Waals surface area contributed by atoms with E-state index < -0.39 is 0 Å². The molecule has 3 aliphatic rings. The molecule has 4 aromatic rings. The van der Waals surface area contributed by atoms with Gasteiger partial charge in [0.2, 0.25) is 0 Å². The molecule has 0 saturated heterocycles. The normalized spacial score (nSPS) is 22.1. The molecule has 4 aromatic carbocycles. The Morgan fingerprint density at radius 1 is 0.591 bits per heavy atom. The second kappa shape index (κ2) is 9.68. The highest BCUT2D eigenvalue weighted by atomic mass is 14.6. The van der Waals surface area contributed by atoms with Gasteiger partial charge in [0, 0.05) is 11.8 Å². The van der Waals surface area contributed by atoms with Crippen LogP contribution in [0.15, 0.2) is 109 Å². The van der Waals surface area contributed by atoms with E-state index in [4.69, 9.17) is 0 Å². The van der Waals surface area contributed by atoms with Crippen LogP contribution in [0.2, 0.25) is 0 Å². The second-order valence-corrected chi connectivity index (χ2v) is 16.7. The zero-order valence-corrected chi connectivity index (χ0v) is 28.2. The molecule has 0 heteroatoms. The van der Waals surface area contributed by atoms with Crippen LogP contribution in [-0.2, 0) is 10.8 Å². The lowest BCUT2D eigenvalue weighted by Crippen LogP contribution is -2.29. The van der Waals surface area contributed by atoms with Gasteiger partial charge < -0.3 is 0 Å². The Labute approximate surface area is 266 Å². The summed E-state index contributed by atoms with van der Waals surface area (Å²) in [5, 5.41) is 0. The van der Waals surface area contributed by atoms with E-state index in [0.29, 0.717) is 11.8 Å². The van der Waals surface area contributed by atoms with Crippen LogP contribution in [0.3, 0.4) is 0 Å². The first kappa shape index (κ1) is 29.1. The average molecular weight is 577 g/mol. The largest absolute Gasteiger partial charge is 0.0767 e. The number of benzene rings is 4. The Morgan fingerprint density at radius 2 is 1.05 bits per heavy atom. The van der Waals surface area contributed by atoms with Gasteiger partial charge in [0.1, 0.15) is 0 Å². The van der Waals surface area contributed by atoms with E-state index in [9.17, 15) is 0 Å². The van der Waals surface area contributed by atoms with Gasteiger partial charge in [-0.1, -0.05) is 147 Å². The minimum Gasteiger partial charge on any atom is -0.0767 e. The van der Waals surface area contributed by atoms with Gasteiger partial charge in [-0.15, -0.1) is 0 Å².